The lowest BCUT2D eigenvalue weighted by molar-refractivity contribution is -0.121. The van der Waals surface area contributed by atoms with Crippen molar-refractivity contribution < 1.29 is 32.6 Å². The number of nitrogens with zero attached hydrogens (tertiary/aromatic N) is 3. The van der Waals surface area contributed by atoms with E-state index in [9.17, 15) is 9.59 Å². The maximum Gasteiger partial charge on any atom is 0.410 e. The van der Waals surface area contributed by atoms with E-state index in [1.54, 1.807) is 23.4 Å². The van der Waals surface area contributed by atoms with Crippen LogP contribution in [0.1, 0.15) is 50.4 Å². The Hall–Kier alpha value is -4.22. The molecule has 218 valence electrons. The second-order valence-electron chi connectivity index (χ2n) is 11.5. The van der Waals surface area contributed by atoms with Crippen molar-refractivity contribution in [2.45, 2.75) is 57.2 Å². The summed E-state index contributed by atoms with van der Waals surface area (Å²) < 4.78 is 46.1. The van der Waals surface area contributed by atoms with E-state index in [0.29, 0.717) is 42.8 Å². The first kappa shape index (κ1) is 28.3. The summed E-state index contributed by atoms with van der Waals surface area (Å²) in [6.45, 7) is 6.28. The summed E-state index contributed by atoms with van der Waals surface area (Å²) in [5, 5.41) is 11.2. The van der Waals surface area contributed by atoms with Crippen LogP contribution in [-0.2, 0) is 21.5 Å². The molecule has 3 heterocycles. The number of halogens is 2. The molecule has 2 aromatic rings. The number of aromatic nitrogens is 1. The Morgan fingerprint density at radius 3 is 2.32 bits per heavy atom. The van der Waals surface area contributed by atoms with Crippen molar-refractivity contribution >= 4 is 29.5 Å². The molecule has 0 unspecified atom stereocenters. The van der Waals surface area contributed by atoms with Crippen LogP contribution in [0.3, 0.4) is 0 Å². The van der Waals surface area contributed by atoms with Crippen molar-refractivity contribution in [2.75, 3.05) is 32.2 Å². The minimum atomic E-state index is -0.982. The van der Waals surface area contributed by atoms with Gasteiger partial charge in [0.05, 0.1) is 37.9 Å². The number of carbonyl (C=O) groups excluding carboxylic acids is 2. The number of fused-ring (bicyclic) bond motifs is 2. The molecule has 2 amide bonds. The molecular formula is C29H33F2N5O5. The molecule has 0 radical (unpaired) electrons. The van der Waals surface area contributed by atoms with Crippen LogP contribution >= 0.6 is 0 Å². The number of hydrogen-bond acceptors (Lipinski definition) is 8. The van der Waals surface area contributed by atoms with Gasteiger partial charge in [-0.15, -0.1) is 0 Å². The summed E-state index contributed by atoms with van der Waals surface area (Å²) in [5.74, 6) is -2.84. The maximum atomic E-state index is 15.3. The number of nitrogens with one attached hydrogen (secondary N) is 2. The molecular weight excluding hydrogens is 536 g/mol. The van der Waals surface area contributed by atoms with Gasteiger partial charge in [-0.2, -0.15) is 0 Å². The third kappa shape index (κ3) is 5.07. The van der Waals surface area contributed by atoms with E-state index in [0.717, 1.165) is 22.7 Å². The Kier molecular flexibility index (Phi) is 7.12. The highest BCUT2D eigenvalue weighted by molar-refractivity contribution is 6.08. The summed E-state index contributed by atoms with van der Waals surface area (Å²) in [6.07, 6.45) is 5.09. The van der Waals surface area contributed by atoms with E-state index >= 15 is 8.78 Å². The standard InChI is InChI=1S/C29H33F2N5O5/c1-28(2,3)41-27(38)35-14-18(15-35)33-11-16(10-32)20-8-19-17(12-34-20)13-36(26(37)29(19)6-7-29)25-23(30)21(39-4)9-22(40-5)24(25)31/h8-12,18,32-33H,6-7,13-15H2,1-5H3/b16-11+,32-10?. The summed E-state index contributed by atoms with van der Waals surface area (Å²) in [7, 11) is 2.51. The molecule has 1 saturated carbocycles. The highest BCUT2D eigenvalue weighted by Crippen LogP contribution is 2.55. The van der Waals surface area contributed by atoms with Crippen molar-refractivity contribution in [2.24, 2.45) is 0 Å². The minimum Gasteiger partial charge on any atom is -0.493 e. The Balaban J connectivity index is 1.37. The minimum absolute atomic E-state index is 0.00958. The Morgan fingerprint density at radius 1 is 1.15 bits per heavy atom. The van der Waals surface area contributed by atoms with Crippen LogP contribution in [0, 0.1) is 17.0 Å². The van der Waals surface area contributed by atoms with Crippen LogP contribution in [0.5, 0.6) is 11.5 Å². The van der Waals surface area contributed by atoms with E-state index in [1.807, 2.05) is 20.8 Å². The van der Waals surface area contributed by atoms with Gasteiger partial charge in [-0.05, 0) is 50.8 Å². The first-order valence-corrected chi connectivity index (χ1v) is 13.3. The molecule has 2 aliphatic heterocycles. The number of carbonyl (C=O) groups is 2. The van der Waals surface area contributed by atoms with E-state index in [4.69, 9.17) is 19.6 Å². The number of methoxy groups -OCH3 is 2. The van der Waals surface area contributed by atoms with Crippen LogP contribution in [0.25, 0.3) is 5.57 Å². The number of pyridine rings is 1. The number of likely N-dealkylation sites (tertiary alicyclic amines) is 1. The van der Waals surface area contributed by atoms with E-state index in [-0.39, 0.29) is 30.2 Å². The average Bonchev–Trinajstić information content (AvgIpc) is 3.69. The third-order valence-electron chi connectivity index (χ3n) is 7.51. The summed E-state index contributed by atoms with van der Waals surface area (Å²) in [6, 6.07) is 2.88. The van der Waals surface area contributed by atoms with Crippen molar-refractivity contribution in [3.63, 3.8) is 0 Å². The predicted octanol–water partition coefficient (Wildman–Crippen LogP) is 4.15. The van der Waals surface area contributed by atoms with Crippen LogP contribution in [0.4, 0.5) is 19.3 Å². The van der Waals surface area contributed by atoms with Gasteiger partial charge in [0.2, 0.25) is 5.91 Å². The number of amides is 2. The predicted molar refractivity (Wildman–Crippen MR) is 147 cm³/mol. The number of rotatable bonds is 7. The Morgan fingerprint density at radius 2 is 1.78 bits per heavy atom. The fourth-order valence-corrected chi connectivity index (χ4v) is 5.18. The topological polar surface area (TPSA) is 117 Å². The molecule has 1 saturated heterocycles. The van der Waals surface area contributed by atoms with Gasteiger partial charge in [0.15, 0.2) is 23.1 Å². The van der Waals surface area contributed by atoms with Crippen molar-refractivity contribution in [1.82, 2.24) is 15.2 Å². The number of benzene rings is 1. The zero-order valence-electron chi connectivity index (χ0n) is 23.6. The lowest BCUT2D eigenvalue weighted by Gasteiger charge is -2.39. The molecule has 10 nitrogen and oxygen atoms in total. The molecule has 3 aliphatic rings. The summed E-state index contributed by atoms with van der Waals surface area (Å²) >= 11 is 0. The van der Waals surface area contributed by atoms with Crippen LogP contribution in [0.15, 0.2) is 24.5 Å². The normalized spacial score (nSPS) is 18.0. The van der Waals surface area contributed by atoms with Gasteiger partial charge in [0.25, 0.3) is 0 Å². The largest absolute Gasteiger partial charge is 0.493 e. The second-order valence-corrected chi connectivity index (χ2v) is 11.5. The van der Waals surface area contributed by atoms with E-state index in [2.05, 4.69) is 10.3 Å². The molecule has 41 heavy (non-hydrogen) atoms. The fourth-order valence-electron chi connectivity index (χ4n) is 5.18. The van der Waals surface area contributed by atoms with Gasteiger partial charge in [-0.25, -0.2) is 13.6 Å². The van der Waals surface area contributed by atoms with Crippen molar-refractivity contribution in [3.05, 3.63) is 53.0 Å². The highest BCUT2D eigenvalue weighted by Gasteiger charge is 2.57. The molecule has 0 bridgehead atoms. The molecule has 12 heteroatoms. The SMILES string of the molecule is COc1cc(OC)c(F)c(N2Cc3cnc(/C(C=N)=C/NC4CN(C(=O)OC(C)(C)C)C4)cc3C3(CC3)C2=O)c1F. The molecule has 1 spiro atoms. The van der Waals surface area contributed by atoms with Gasteiger partial charge < -0.3 is 34.7 Å². The fraction of sp³-hybridized carbons (Fsp3) is 0.448. The number of allylic oxidation sites excluding steroid dienone is 1. The zero-order chi connectivity index (χ0) is 29.7. The molecule has 1 aromatic heterocycles. The molecule has 1 aliphatic carbocycles. The first-order chi connectivity index (χ1) is 19.4. The number of anilines is 1. The Bertz CT molecular complexity index is 1420. The lowest BCUT2D eigenvalue weighted by atomic mass is 9.85. The van der Waals surface area contributed by atoms with Gasteiger partial charge in [0.1, 0.15) is 11.3 Å². The quantitative estimate of drug-likeness (QED) is 0.481. The number of hydrogen-bond donors (Lipinski definition) is 2. The van der Waals surface area contributed by atoms with Gasteiger partial charge in [-0.1, -0.05) is 0 Å². The third-order valence-corrected chi connectivity index (χ3v) is 7.51. The maximum absolute atomic E-state index is 15.3. The van der Waals surface area contributed by atoms with Crippen LogP contribution < -0.4 is 19.7 Å². The van der Waals surface area contributed by atoms with Gasteiger partial charge in [0, 0.05) is 43.3 Å². The van der Waals surface area contributed by atoms with Crippen molar-refractivity contribution in [3.8, 4) is 11.5 Å². The molecule has 2 N–H and O–H groups in total. The molecule has 2 fully saturated rings. The lowest BCUT2D eigenvalue weighted by Crippen LogP contribution is -2.59. The van der Waals surface area contributed by atoms with E-state index in [1.165, 1.54) is 14.2 Å². The number of ether oxygens (including phenoxy) is 3. The van der Waals surface area contributed by atoms with Gasteiger partial charge in [-0.3, -0.25) is 9.78 Å². The summed E-state index contributed by atoms with van der Waals surface area (Å²) in [5.41, 5.74) is 0.371. The van der Waals surface area contributed by atoms with Crippen molar-refractivity contribution in [1.29, 1.82) is 5.41 Å². The monoisotopic (exact) mass is 569 g/mol. The van der Waals surface area contributed by atoms with Gasteiger partial charge >= 0.3 is 6.09 Å². The Labute approximate surface area is 236 Å². The van der Waals surface area contributed by atoms with Crippen LogP contribution in [0.2, 0.25) is 0 Å². The van der Waals surface area contributed by atoms with E-state index < -0.39 is 34.2 Å². The first-order valence-electron chi connectivity index (χ1n) is 13.3. The zero-order valence-corrected chi connectivity index (χ0v) is 23.6. The second kappa shape index (κ2) is 10.3. The highest BCUT2D eigenvalue weighted by atomic mass is 19.1. The molecule has 0 atom stereocenters. The summed E-state index contributed by atoms with van der Waals surface area (Å²) in [4.78, 5) is 33.1. The average molecular weight is 570 g/mol. The molecule has 1 aromatic carbocycles. The van der Waals surface area contributed by atoms with Crippen LogP contribution in [-0.4, -0.2) is 67.1 Å². The smallest absolute Gasteiger partial charge is 0.410 e. The molecule has 5 rings (SSSR count).